The van der Waals surface area contributed by atoms with Crippen LogP contribution in [0.2, 0.25) is 0 Å². The van der Waals surface area contributed by atoms with Gasteiger partial charge < -0.3 is 14.8 Å². The number of hydrogen-bond acceptors (Lipinski definition) is 4. The maximum absolute atomic E-state index is 6.22. The SMILES string of the molecule is COc1cccc2c1OC1NC(c3ccccc3)NC(=S)C1C2. The van der Waals surface area contributed by atoms with E-state index in [1.165, 1.54) is 0 Å². The van der Waals surface area contributed by atoms with E-state index in [0.29, 0.717) is 0 Å². The zero-order chi connectivity index (χ0) is 15.8. The first kappa shape index (κ1) is 14.5. The van der Waals surface area contributed by atoms with E-state index in [1.54, 1.807) is 7.11 Å². The van der Waals surface area contributed by atoms with E-state index < -0.39 is 0 Å². The van der Waals surface area contributed by atoms with Crippen LogP contribution < -0.4 is 20.1 Å². The number of fused-ring (bicyclic) bond motifs is 2. The molecule has 3 unspecified atom stereocenters. The standard InChI is InChI=1S/C18H18N2O2S/c1-21-14-9-5-8-12-10-13-17(22-15(12)14)19-16(20-18(13)23)11-6-3-2-4-7-11/h2-9,13,16-17,19H,10H2,1H3,(H,20,23). The van der Waals surface area contributed by atoms with Gasteiger partial charge in [-0.2, -0.15) is 0 Å². The number of ether oxygens (including phenoxy) is 2. The Morgan fingerprint density at radius 2 is 1.96 bits per heavy atom. The Bertz CT molecular complexity index is 735. The molecule has 0 spiro atoms. The number of hydrogen-bond donors (Lipinski definition) is 2. The van der Waals surface area contributed by atoms with Gasteiger partial charge >= 0.3 is 0 Å². The van der Waals surface area contributed by atoms with Gasteiger partial charge in [-0.1, -0.05) is 54.7 Å². The van der Waals surface area contributed by atoms with Crippen LogP contribution in [0, 0.1) is 5.92 Å². The van der Waals surface area contributed by atoms with E-state index in [9.17, 15) is 0 Å². The third kappa shape index (κ3) is 2.56. The van der Waals surface area contributed by atoms with Crippen molar-refractivity contribution in [3.63, 3.8) is 0 Å². The normalized spacial score (nSPS) is 25.6. The van der Waals surface area contributed by atoms with Crippen LogP contribution in [-0.4, -0.2) is 18.3 Å². The van der Waals surface area contributed by atoms with Gasteiger partial charge in [0.05, 0.1) is 18.0 Å². The first-order valence-electron chi connectivity index (χ1n) is 7.70. The summed E-state index contributed by atoms with van der Waals surface area (Å²) in [5.41, 5.74) is 2.28. The number of benzene rings is 2. The zero-order valence-corrected chi connectivity index (χ0v) is 13.6. The van der Waals surface area contributed by atoms with Gasteiger partial charge in [0.15, 0.2) is 17.7 Å². The van der Waals surface area contributed by atoms with Gasteiger partial charge in [-0.25, -0.2) is 0 Å². The van der Waals surface area contributed by atoms with E-state index in [-0.39, 0.29) is 18.3 Å². The molecule has 5 heteroatoms. The van der Waals surface area contributed by atoms with E-state index in [0.717, 1.165) is 34.0 Å². The summed E-state index contributed by atoms with van der Waals surface area (Å²) in [6.45, 7) is 0. The van der Waals surface area contributed by atoms with Crippen molar-refractivity contribution < 1.29 is 9.47 Å². The summed E-state index contributed by atoms with van der Waals surface area (Å²) in [6, 6.07) is 16.2. The van der Waals surface area contributed by atoms with E-state index in [1.807, 2.05) is 30.3 Å². The highest BCUT2D eigenvalue weighted by atomic mass is 32.1. The van der Waals surface area contributed by atoms with Crippen molar-refractivity contribution in [1.29, 1.82) is 0 Å². The predicted molar refractivity (Wildman–Crippen MR) is 92.7 cm³/mol. The first-order chi connectivity index (χ1) is 11.3. The Kier molecular flexibility index (Phi) is 3.67. The summed E-state index contributed by atoms with van der Waals surface area (Å²) in [4.78, 5) is 0.844. The predicted octanol–water partition coefficient (Wildman–Crippen LogP) is 2.79. The molecule has 1 saturated heterocycles. The Morgan fingerprint density at radius 1 is 1.13 bits per heavy atom. The Balaban J connectivity index is 1.64. The third-order valence-corrected chi connectivity index (χ3v) is 4.84. The second-order valence-electron chi connectivity index (χ2n) is 5.82. The fourth-order valence-electron chi connectivity index (χ4n) is 3.23. The van der Waals surface area contributed by atoms with Gasteiger partial charge in [0, 0.05) is 0 Å². The minimum Gasteiger partial charge on any atom is -0.493 e. The van der Waals surface area contributed by atoms with Crippen LogP contribution in [0.25, 0.3) is 0 Å². The van der Waals surface area contributed by atoms with Gasteiger partial charge in [0.2, 0.25) is 0 Å². The molecule has 23 heavy (non-hydrogen) atoms. The van der Waals surface area contributed by atoms with E-state index in [2.05, 4.69) is 28.8 Å². The molecule has 2 aromatic carbocycles. The lowest BCUT2D eigenvalue weighted by molar-refractivity contribution is 0.0771. The van der Waals surface area contributed by atoms with Gasteiger partial charge in [0.25, 0.3) is 0 Å². The molecule has 118 valence electrons. The molecule has 2 heterocycles. The van der Waals surface area contributed by atoms with Crippen molar-refractivity contribution in [1.82, 2.24) is 10.6 Å². The number of rotatable bonds is 2. The highest BCUT2D eigenvalue weighted by Crippen LogP contribution is 2.39. The Morgan fingerprint density at radius 3 is 2.74 bits per heavy atom. The molecule has 0 amide bonds. The van der Waals surface area contributed by atoms with E-state index >= 15 is 0 Å². The molecule has 0 radical (unpaired) electrons. The maximum Gasteiger partial charge on any atom is 0.166 e. The van der Waals surface area contributed by atoms with Gasteiger partial charge in [-0.3, -0.25) is 5.32 Å². The smallest absolute Gasteiger partial charge is 0.166 e. The molecule has 0 bridgehead atoms. The Labute approximate surface area is 140 Å². The average Bonchev–Trinajstić information content (AvgIpc) is 2.60. The summed E-state index contributed by atoms with van der Waals surface area (Å²) in [5, 5.41) is 6.92. The van der Waals surface area contributed by atoms with Gasteiger partial charge in [0.1, 0.15) is 6.17 Å². The van der Waals surface area contributed by atoms with Crippen LogP contribution in [0.1, 0.15) is 17.3 Å². The molecule has 0 aromatic heterocycles. The maximum atomic E-state index is 6.22. The number of nitrogens with one attached hydrogen (secondary N) is 2. The van der Waals surface area contributed by atoms with Crippen molar-refractivity contribution in [3.8, 4) is 11.5 Å². The van der Waals surface area contributed by atoms with Crippen LogP contribution in [-0.2, 0) is 6.42 Å². The summed E-state index contributed by atoms with van der Waals surface area (Å²) in [6.07, 6.45) is 0.649. The van der Waals surface area contributed by atoms with Crippen LogP contribution in [0.3, 0.4) is 0 Å². The third-order valence-electron chi connectivity index (χ3n) is 4.42. The molecule has 0 aliphatic carbocycles. The van der Waals surface area contributed by atoms with Crippen molar-refractivity contribution in [2.45, 2.75) is 18.8 Å². The van der Waals surface area contributed by atoms with Crippen molar-refractivity contribution in [2.24, 2.45) is 5.92 Å². The van der Waals surface area contributed by atoms with Gasteiger partial charge in [-0.15, -0.1) is 0 Å². The quantitative estimate of drug-likeness (QED) is 0.831. The highest BCUT2D eigenvalue weighted by Gasteiger charge is 2.39. The van der Waals surface area contributed by atoms with Gasteiger partial charge in [-0.05, 0) is 23.6 Å². The molecule has 2 N–H and O–H groups in total. The number of para-hydroxylation sites is 1. The molecule has 1 fully saturated rings. The Hall–Kier alpha value is -2.11. The second kappa shape index (κ2) is 5.83. The lowest BCUT2D eigenvalue weighted by atomic mass is 9.91. The van der Waals surface area contributed by atoms with Crippen molar-refractivity contribution >= 4 is 17.2 Å². The fraction of sp³-hybridized carbons (Fsp3) is 0.278. The summed E-state index contributed by atoms with van der Waals surface area (Å²) in [5.74, 6) is 1.72. The topological polar surface area (TPSA) is 42.5 Å². The first-order valence-corrected chi connectivity index (χ1v) is 8.11. The van der Waals surface area contributed by atoms with Crippen molar-refractivity contribution in [3.05, 3.63) is 59.7 Å². The summed E-state index contributed by atoms with van der Waals surface area (Å²) in [7, 11) is 1.67. The monoisotopic (exact) mass is 326 g/mol. The van der Waals surface area contributed by atoms with E-state index in [4.69, 9.17) is 21.7 Å². The molecule has 2 aliphatic heterocycles. The highest BCUT2D eigenvalue weighted by molar-refractivity contribution is 7.80. The molecule has 4 rings (SSSR count). The molecule has 3 atom stereocenters. The summed E-state index contributed by atoms with van der Waals surface area (Å²) >= 11 is 5.61. The lowest BCUT2D eigenvalue weighted by Gasteiger charge is -2.42. The van der Waals surface area contributed by atoms with Crippen LogP contribution in [0.4, 0.5) is 0 Å². The summed E-state index contributed by atoms with van der Waals surface area (Å²) < 4.78 is 11.6. The number of methoxy groups -OCH3 is 1. The van der Waals surface area contributed by atoms with Crippen LogP contribution >= 0.6 is 12.2 Å². The zero-order valence-electron chi connectivity index (χ0n) is 12.8. The number of thiocarbonyl (C=S) groups is 1. The largest absolute Gasteiger partial charge is 0.493 e. The minimum atomic E-state index is -0.155. The molecular formula is C18H18N2O2S. The van der Waals surface area contributed by atoms with Crippen LogP contribution in [0.5, 0.6) is 11.5 Å². The molecular weight excluding hydrogens is 308 g/mol. The molecule has 2 aromatic rings. The molecule has 0 saturated carbocycles. The van der Waals surface area contributed by atoms with Crippen molar-refractivity contribution in [2.75, 3.05) is 7.11 Å². The second-order valence-corrected chi connectivity index (χ2v) is 6.26. The molecule has 2 aliphatic rings. The average molecular weight is 326 g/mol. The molecule has 4 nitrogen and oxygen atoms in total. The lowest BCUT2D eigenvalue weighted by Crippen LogP contribution is -2.60. The fourth-order valence-corrected chi connectivity index (χ4v) is 3.56. The minimum absolute atomic E-state index is 0.0405. The van der Waals surface area contributed by atoms with Crippen LogP contribution in [0.15, 0.2) is 48.5 Å².